The molecule has 1 aliphatic carbocycles. The smallest absolute Gasteiger partial charge is 0.258 e. The minimum absolute atomic E-state index is 0.0296. The Morgan fingerprint density at radius 3 is 3.05 bits per heavy atom. The maximum atomic E-state index is 11.8. The standard InChI is InChI=1S/C15H16N4O2/c1-19-7-6-13(20)16-11-8-10(4-5-12(11)19)15-17-14(18-21-15)9-2-3-9/h4-5,8-9H,2-3,6-7H2,1H3,(H,16,20). The maximum Gasteiger partial charge on any atom is 0.258 e. The van der Waals surface area contributed by atoms with Crippen LogP contribution in [0.15, 0.2) is 22.7 Å². The fourth-order valence-electron chi connectivity index (χ4n) is 2.56. The number of carbonyl (C=O) groups is 1. The molecule has 0 radical (unpaired) electrons. The SMILES string of the molecule is CN1CCC(=O)Nc2cc(-c3nc(C4CC4)no3)ccc21. The third kappa shape index (κ3) is 2.26. The van der Waals surface area contributed by atoms with E-state index in [2.05, 4.69) is 20.4 Å². The van der Waals surface area contributed by atoms with Crippen molar-refractivity contribution >= 4 is 17.3 Å². The van der Waals surface area contributed by atoms with Crippen molar-refractivity contribution in [1.29, 1.82) is 0 Å². The van der Waals surface area contributed by atoms with E-state index in [1.807, 2.05) is 25.2 Å². The first-order valence-corrected chi connectivity index (χ1v) is 7.20. The van der Waals surface area contributed by atoms with Gasteiger partial charge in [-0.25, -0.2) is 0 Å². The number of anilines is 2. The molecule has 2 aromatic rings. The van der Waals surface area contributed by atoms with Gasteiger partial charge in [-0.1, -0.05) is 5.16 Å². The van der Waals surface area contributed by atoms with Crippen LogP contribution in [-0.2, 0) is 4.79 Å². The number of hydrogen-bond acceptors (Lipinski definition) is 5. The minimum atomic E-state index is 0.0296. The van der Waals surface area contributed by atoms with Gasteiger partial charge in [0.15, 0.2) is 5.82 Å². The molecule has 1 aliphatic heterocycles. The number of nitrogens with one attached hydrogen (secondary N) is 1. The number of fused-ring (bicyclic) bond motifs is 1. The van der Waals surface area contributed by atoms with Gasteiger partial charge in [0.1, 0.15) is 0 Å². The topological polar surface area (TPSA) is 71.3 Å². The largest absolute Gasteiger partial charge is 0.372 e. The van der Waals surface area contributed by atoms with Gasteiger partial charge in [-0.05, 0) is 31.0 Å². The zero-order valence-electron chi connectivity index (χ0n) is 11.8. The first-order chi connectivity index (χ1) is 10.2. The number of amides is 1. The van der Waals surface area contributed by atoms with Crippen molar-refractivity contribution < 1.29 is 9.32 Å². The second-order valence-electron chi connectivity index (χ2n) is 5.68. The second kappa shape index (κ2) is 4.58. The molecule has 1 saturated carbocycles. The van der Waals surface area contributed by atoms with Crippen LogP contribution in [0.4, 0.5) is 11.4 Å². The molecule has 1 fully saturated rings. The van der Waals surface area contributed by atoms with Crippen molar-refractivity contribution in [2.45, 2.75) is 25.2 Å². The highest BCUT2D eigenvalue weighted by Gasteiger charge is 2.29. The molecule has 2 heterocycles. The van der Waals surface area contributed by atoms with Gasteiger partial charge < -0.3 is 14.7 Å². The van der Waals surface area contributed by atoms with Gasteiger partial charge >= 0.3 is 0 Å². The third-order valence-corrected chi connectivity index (χ3v) is 3.99. The molecular weight excluding hydrogens is 268 g/mol. The van der Waals surface area contributed by atoms with Crippen molar-refractivity contribution in [2.24, 2.45) is 0 Å². The number of benzene rings is 1. The first-order valence-electron chi connectivity index (χ1n) is 7.20. The van der Waals surface area contributed by atoms with Crippen LogP contribution in [0.5, 0.6) is 0 Å². The molecule has 1 N–H and O–H groups in total. The summed E-state index contributed by atoms with van der Waals surface area (Å²) in [6.45, 7) is 0.713. The van der Waals surface area contributed by atoms with E-state index in [9.17, 15) is 4.79 Å². The van der Waals surface area contributed by atoms with E-state index in [1.165, 1.54) is 0 Å². The van der Waals surface area contributed by atoms with Crippen LogP contribution >= 0.6 is 0 Å². The van der Waals surface area contributed by atoms with Crippen LogP contribution in [-0.4, -0.2) is 29.6 Å². The molecule has 1 amide bonds. The normalized spacial score (nSPS) is 18.1. The second-order valence-corrected chi connectivity index (χ2v) is 5.68. The Morgan fingerprint density at radius 1 is 1.38 bits per heavy atom. The van der Waals surface area contributed by atoms with Crippen LogP contribution in [0.3, 0.4) is 0 Å². The van der Waals surface area contributed by atoms with Crippen LogP contribution in [0, 0.1) is 0 Å². The zero-order valence-corrected chi connectivity index (χ0v) is 11.8. The van der Waals surface area contributed by atoms with Crippen molar-refractivity contribution in [3.63, 3.8) is 0 Å². The molecule has 21 heavy (non-hydrogen) atoms. The van der Waals surface area contributed by atoms with E-state index >= 15 is 0 Å². The molecule has 2 aliphatic rings. The molecule has 0 unspecified atom stereocenters. The number of rotatable bonds is 2. The fourth-order valence-corrected chi connectivity index (χ4v) is 2.56. The van der Waals surface area contributed by atoms with Crippen LogP contribution < -0.4 is 10.2 Å². The van der Waals surface area contributed by atoms with Crippen LogP contribution in [0.25, 0.3) is 11.5 Å². The monoisotopic (exact) mass is 284 g/mol. The van der Waals surface area contributed by atoms with Crippen LogP contribution in [0.2, 0.25) is 0 Å². The Bertz CT molecular complexity index is 705. The third-order valence-electron chi connectivity index (χ3n) is 3.99. The number of aromatic nitrogens is 2. The summed E-state index contributed by atoms with van der Waals surface area (Å²) in [6, 6.07) is 5.84. The van der Waals surface area contributed by atoms with Crippen LogP contribution in [0.1, 0.15) is 31.0 Å². The molecule has 0 spiro atoms. The van der Waals surface area contributed by atoms with E-state index in [4.69, 9.17) is 4.52 Å². The molecule has 1 aromatic carbocycles. The predicted molar refractivity (Wildman–Crippen MR) is 78.2 cm³/mol. The van der Waals surface area contributed by atoms with Gasteiger partial charge in [0.05, 0.1) is 11.4 Å². The Kier molecular flexibility index (Phi) is 2.70. The van der Waals surface area contributed by atoms with E-state index < -0.39 is 0 Å². The summed E-state index contributed by atoms with van der Waals surface area (Å²) in [6.07, 6.45) is 2.78. The summed E-state index contributed by atoms with van der Waals surface area (Å²) in [5.41, 5.74) is 2.64. The van der Waals surface area contributed by atoms with Crippen molar-refractivity contribution in [3.05, 3.63) is 24.0 Å². The quantitative estimate of drug-likeness (QED) is 0.916. The Hall–Kier alpha value is -2.37. The molecule has 6 heteroatoms. The summed E-state index contributed by atoms with van der Waals surface area (Å²) < 4.78 is 5.34. The van der Waals surface area contributed by atoms with E-state index in [0.717, 1.165) is 35.6 Å². The molecule has 0 bridgehead atoms. The van der Waals surface area contributed by atoms with Gasteiger partial charge in [0.2, 0.25) is 5.91 Å². The lowest BCUT2D eigenvalue weighted by Crippen LogP contribution is -2.18. The molecule has 4 rings (SSSR count). The summed E-state index contributed by atoms with van der Waals surface area (Å²) in [4.78, 5) is 18.3. The highest BCUT2D eigenvalue weighted by molar-refractivity contribution is 5.97. The molecule has 0 atom stereocenters. The molecular formula is C15H16N4O2. The lowest BCUT2D eigenvalue weighted by molar-refractivity contribution is -0.115. The molecule has 0 saturated heterocycles. The average Bonchev–Trinajstić information content (AvgIpc) is 3.24. The number of carbonyl (C=O) groups excluding carboxylic acids is 1. The fraction of sp³-hybridized carbons (Fsp3) is 0.400. The van der Waals surface area contributed by atoms with Gasteiger partial charge in [0, 0.05) is 31.5 Å². The van der Waals surface area contributed by atoms with Crippen molar-refractivity contribution in [2.75, 3.05) is 23.8 Å². The van der Waals surface area contributed by atoms with E-state index in [1.54, 1.807) is 0 Å². The lowest BCUT2D eigenvalue weighted by atomic mass is 10.1. The molecule has 108 valence electrons. The Balaban J connectivity index is 1.71. The van der Waals surface area contributed by atoms with Gasteiger partial charge in [-0.3, -0.25) is 4.79 Å². The first kappa shape index (κ1) is 12.4. The maximum absolute atomic E-state index is 11.8. The highest BCUT2D eigenvalue weighted by Crippen LogP contribution is 2.39. The summed E-state index contributed by atoms with van der Waals surface area (Å²) >= 11 is 0. The van der Waals surface area contributed by atoms with Crippen molar-refractivity contribution in [1.82, 2.24) is 10.1 Å². The minimum Gasteiger partial charge on any atom is -0.372 e. The van der Waals surface area contributed by atoms with E-state index in [-0.39, 0.29) is 5.91 Å². The predicted octanol–water partition coefficient (Wildman–Crippen LogP) is 2.39. The summed E-state index contributed by atoms with van der Waals surface area (Å²) in [7, 11) is 1.98. The van der Waals surface area contributed by atoms with Crippen molar-refractivity contribution in [3.8, 4) is 11.5 Å². The number of hydrogen-bond donors (Lipinski definition) is 1. The lowest BCUT2D eigenvalue weighted by Gasteiger charge is -2.18. The van der Waals surface area contributed by atoms with Gasteiger partial charge in [0.25, 0.3) is 5.89 Å². The van der Waals surface area contributed by atoms with E-state index in [0.29, 0.717) is 24.8 Å². The molecule has 6 nitrogen and oxygen atoms in total. The Labute approximate surface area is 122 Å². The van der Waals surface area contributed by atoms with Gasteiger partial charge in [-0.2, -0.15) is 4.98 Å². The summed E-state index contributed by atoms with van der Waals surface area (Å²) in [5, 5.41) is 6.97. The summed E-state index contributed by atoms with van der Waals surface area (Å²) in [5.74, 6) is 1.80. The van der Waals surface area contributed by atoms with Gasteiger partial charge in [-0.15, -0.1) is 0 Å². The molecule has 1 aromatic heterocycles. The Morgan fingerprint density at radius 2 is 2.24 bits per heavy atom. The average molecular weight is 284 g/mol. The highest BCUT2D eigenvalue weighted by atomic mass is 16.5. The number of nitrogens with zero attached hydrogens (tertiary/aromatic N) is 3. The zero-order chi connectivity index (χ0) is 14.4.